The lowest BCUT2D eigenvalue weighted by Crippen LogP contribution is -2.22. The Morgan fingerprint density at radius 2 is 1.70 bits per heavy atom. The second kappa shape index (κ2) is 6.84. The van der Waals surface area contributed by atoms with Crippen LogP contribution in [0.3, 0.4) is 0 Å². The topological polar surface area (TPSA) is 107 Å². The Hall–Kier alpha value is -1.03. The first-order chi connectivity index (χ1) is 10.2. The van der Waals surface area contributed by atoms with E-state index < -0.39 is 25.7 Å². The molecule has 0 atom stereocenters. The molecule has 0 saturated heterocycles. The van der Waals surface area contributed by atoms with Crippen LogP contribution in [0.2, 0.25) is 5.02 Å². The van der Waals surface area contributed by atoms with Crippen molar-refractivity contribution >= 4 is 31.8 Å². The second-order valence-electron chi connectivity index (χ2n) is 5.75. The number of rotatable bonds is 7. The van der Waals surface area contributed by atoms with Gasteiger partial charge < -0.3 is 9.29 Å². The molecule has 0 bridgehead atoms. The maximum absolute atomic E-state index is 11.4. The SMILES string of the molecule is CC(C)(CCOS(C)(=O)=O)c1cc(O)c(Cl)cc1OS(C)(=O)=O. The van der Waals surface area contributed by atoms with Crippen molar-refractivity contribution in [2.75, 3.05) is 19.1 Å². The highest BCUT2D eigenvalue weighted by molar-refractivity contribution is 7.86. The summed E-state index contributed by atoms with van der Waals surface area (Å²) in [6, 6.07) is 2.50. The van der Waals surface area contributed by atoms with E-state index >= 15 is 0 Å². The van der Waals surface area contributed by atoms with Gasteiger partial charge in [0.25, 0.3) is 10.1 Å². The molecule has 0 aromatic heterocycles. The zero-order valence-electron chi connectivity index (χ0n) is 13.2. The summed E-state index contributed by atoms with van der Waals surface area (Å²) in [6.45, 7) is 3.36. The van der Waals surface area contributed by atoms with Gasteiger partial charge in [-0.15, -0.1) is 0 Å². The predicted octanol–water partition coefficient (Wildman–Crippen LogP) is 2.03. The quantitative estimate of drug-likeness (QED) is 0.714. The summed E-state index contributed by atoms with van der Waals surface area (Å²) >= 11 is 5.80. The van der Waals surface area contributed by atoms with Crippen molar-refractivity contribution in [1.29, 1.82) is 0 Å². The van der Waals surface area contributed by atoms with E-state index in [-0.39, 0.29) is 29.5 Å². The summed E-state index contributed by atoms with van der Waals surface area (Å²) in [5, 5.41) is 9.72. The van der Waals surface area contributed by atoms with Gasteiger partial charge in [0.15, 0.2) is 0 Å². The third-order valence-electron chi connectivity index (χ3n) is 3.04. The Kier molecular flexibility index (Phi) is 5.95. The first-order valence-corrected chi connectivity index (χ1v) is 10.5. The van der Waals surface area contributed by atoms with Crippen LogP contribution in [-0.2, 0) is 29.8 Å². The van der Waals surface area contributed by atoms with Gasteiger partial charge >= 0.3 is 10.1 Å². The highest BCUT2D eigenvalue weighted by atomic mass is 35.5. The van der Waals surface area contributed by atoms with E-state index in [0.29, 0.717) is 5.56 Å². The van der Waals surface area contributed by atoms with E-state index in [0.717, 1.165) is 12.5 Å². The highest BCUT2D eigenvalue weighted by Gasteiger charge is 2.28. The molecule has 0 aliphatic heterocycles. The molecule has 0 amide bonds. The molecule has 0 fully saturated rings. The minimum absolute atomic E-state index is 0.0281. The van der Waals surface area contributed by atoms with Crippen LogP contribution in [0.25, 0.3) is 0 Å². The lowest BCUT2D eigenvalue weighted by atomic mass is 9.81. The zero-order chi connectivity index (χ0) is 18.1. The van der Waals surface area contributed by atoms with E-state index in [2.05, 4.69) is 0 Å². The molecule has 0 aliphatic rings. The lowest BCUT2D eigenvalue weighted by molar-refractivity contribution is 0.277. The van der Waals surface area contributed by atoms with Crippen LogP contribution in [0.1, 0.15) is 25.8 Å². The van der Waals surface area contributed by atoms with E-state index in [9.17, 15) is 21.9 Å². The third-order valence-corrected chi connectivity index (χ3v) is 4.42. The molecule has 1 N–H and O–H groups in total. The van der Waals surface area contributed by atoms with Gasteiger partial charge in [0.1, 0.15) is 11.5 Å². The second-order valence-corrected chi connectivity index (χ2v) is 9.37. The number of halogens is 1. The van der Waals surface area contributed by atoms with Crippen LogP contribution >= 0.6 is 11.6 Å². The minimum Gasteiger partial charge on any atom is -0.506 e. The first kappa shape index (κ1) is 20.0. The zero-order valence-corrected chi connectivity index (χ0v) is 15.5. The van der Waals surface area contributed by atoms with Crippen LogP contribution in [0.4, 0.5) is 0 Å². The fourth-order valence-electron chi connectivity index (χ4n) is 1.89. The standard InChI is InChI=1S/C13H19ClO7S2/c1-13(2,5-6-20-22(3,16)17)9-7-11(15)10(14)8-12(9)21-23(4,18)19/h7-8,15H,5-6H2,1-4H3. The summed E-state index contributed by atoms with van der Waals surface area (Å²) in [7, 11) is -7.38. The van der Waals surface area contributed by atoms with Gasteiger partial charge in [0.2, 0.25) is 0 Å². The van der Waals surface area contributed by atoms with Crippen LogP contribution in [-0.4, -0.2) is 41.1 Å². The maximum atomic E-state index is 11.4. The van der Waals surface area contributed by atoms with Crippen molar-refractivity contribution in [3.8, 4) is 11.5 Å². The molecule has 0 spiro atoms. The van der Waals surface area contributed by atoms with Gasteiger partial charge in [-0.3, -0.25) is 4.18 Å². The fraction of sp³-hybridized carbons (Fsp3) is 0.538. The van der Waals surface area contributed by atoms with Gasteiger partial charge in [-0.25, -0.2) is 0 Å². The number of phenolic OH excluding ortho intramolecular Hbond substituents is 1. The molecule has 10 heteroatoms. The Labute approximate surface area is 141 Å². The van der Waals surface area contributed by atoms with Crippen molar-refractivity contribution in [3.63, 3.8) is 0 Å². The van der Waals surface area contributed by atoms with E-state index in [1.54, 1.807) is 13.8 Å². The van der Waals surface area contributed by atoms with Crippen LogP contribution in [0.5, 0.6) is 11.5 Å². The first-order valence-electron chi connectivity index (χ1n) is 6.48. The number of hydrogen-bond acceptors (Lipinski definition) is 7. The third kappa shape index (κ3) is 6.54. The molecule has 1 aromatic carbocycles. The Morgan fingerprint density at radius 3 is 2.17 bits per heavy atom. The molecule has 23 heavy (non-hydrogen) atoms. The van der Waals surface area contributed by atoms with Crippen molar-refractivity contribution in [3.05, 3.63) is 22.7 Å². The summed E-state index contributed by atoms with van der Waals surface area (Å²) in [5.74, 6) is -0.265. The number of aromatic hydroxyl groups is 1. The normalized spacial score (nSPS) is 13.1. The van der Waals surface area contributed by atoms with E-state index in [4.69, 9.17) is 20.0 Å². The molecular formula is C13H19ClO7S2. The number of benzene rings is 1. The summed E-state index contributed by atoms with van der Waals surface area (Å²) in [6.07, 6.45) is 2.06. The number of hydrogen-bond donors (Lipinski definition) is 1. The summed E-state index contributed by atoms with van der Waals surface area (Å²) in [4.78, 5) is 0. The van der Waals surface area contributed by atoms with Crippen molar-refractivity contribution in [1.82, 2.24) is 0 Å². The molecular weight excluding hydrogens is 368 g/mol. The number of phenols is 1. The van der Waals surface area contributed by atoms with Crippen LogP contribution in [0.15, 0.2) is 12.1 Å². The molecule has 0 radical (unpaired) electrons. The lowest BCUT2D eigenvalue weighted by Gasteiger charge is -2.27. The van der Waals surface area contributed by atoms with E-state index in [1.165, 1.54) is 12.1 Å². The van der Waals surface area contributed by atoms with Crippen molar-refractivity contribution in [2.24, 2.45) is 0 Å². The molecule has 7 nitrogen and oxygen atoms in total. The van der Waals surface area contributed by atoms with E-state index in [1.807, 2.05) is 0 Å². The van der Waals surface area contributed by atoms with Crippen LogP contribution in [0, 0.1) is 0 Å². The summed E-state index contributed by atoms with van der Waals surface area (Å²) < 4.78 is 54.5. The average Bonchev–Trinajstić information content (AvgIpc) is 2.29. The van der Waals surface area contributed by atoms with Gasteiger partial charge in [-0.05, 0) is 17.9 Å². The monoisotopic (exact) mass is 386 g/mol. The van der Waals surface area contributed by atoms with Crippen molar-refractivity contribution in [2.45, 2.75) is 25.7 Å². The largest absolute Gasteiger partial charge is 0.506 e. The molecule has 0 heterocycles. The maximum Gasteiger partial charge on any atom is 0.306 e. The van der Waals surface area contributed by atoms with Crippen molar-refractivity contribution < 1.29 is 30.3 Å². The minimum atomic E-state index is -3.80. The Balaban J connectivity index is 3.19. The van der Waals surface area contributed by atoms with Crippen LogP contribution < -0.4 is 4.18 Å². The van der Waals surface area contributed by atoms with Gasteiger partial charge in [-0.1, -0.05) is 25.4 Å². The Bertz CT molecular complexity index is 783. The predicted molar refractivity (Wildman–Crippen MR) is 87.0 cm³/mol. The van der Waals surface area contributed by atoms with Gasteiger partial charge in [0, 0.05) is 11.6 Å². The fourth-order valence-corrected chi connectivity index (χ4v) is 2.89. The molecule has 132 valence electrons. The average molecular weight is 387 g/mol. The molecule has 1 aromatic rings. The Morgan fingerprint density at radius 1 is 1.13 bits per heavy atom. The molecule has 0 unspecified atom stereocenters. The highest BCUT2D eigenvalue weighted by Crippen LogP contribution is 2.40. The molecule has 0 aliphatic carbocycles. The summed E-state index contributed by atoms with van der Waals surface area (Å²) in [5.41, 5.74) is -0.380. The smallest absolute Gasteiger partial charge is 0.306 e. The van der Waals surface area contributed by atoms with Gasteiger partial charge in [-0.2, -0.15) is 16.8 Å². The molecule has 0 saturated carbocycles. The van der Waals surface area contributed by atoms with Gasteiger partial charge in [0.05, 0.1) is 24.1 Å². The molecule has 1 rings (SSSR count).